The Morgan fingerprint density at radius 2 is 2.56 bits per heavy atom. The van der Waals surface area contributed by atoms with Gasteiger partial charge in [0.2, 0.25) is 12.3 Å². The Morgan fingerprint density at radius 1 is 1.78 bits per heavy atom. The lowest BCUT2D eigenvalue weighted by Crippen LogP contribution is -1.90. The first-order valence-electron chi connectivity index (χ1n) is 3.10. The number of nitrogens with zero attached hydrogens (tertiary/aromatic N) is 2. The second-order valence-corrected chi connectivity index (χ2v) is 2.09. The Morgan fingerprint density at radius 3 is 3.00 bits per heavy atom. The summed E-state index contributed by atoms with van der Waals surface area (Å²) in [5.41, 5.74) is 0. The van der Waals surface area contributed by atoms with Crippen molar-refractivity contribution in [3.63, 3.8) is 0 Å². The van der Waals surface area contributed by atoms with Gasteiger partial charge in [-0.05, 0) is 6.42 Å². The molecule has 3 heteroatoms. The second kappa shape index (κ2) is 2.62. The molecule has 1 heterocycles. The standard InChI is InChI=1S/C6H10N2O/c1-3-5(2)6-8-7-4-9-6/h4-5H,3H2,1-2H3. The largest absolute Gasteiger partial charge is 0.428 e. The maximum atomic E-state index is 4.96. The lowest BCUT2D eigenvalue weighted by molar-refractivity contribution is 0.452. The van der Waals surface area contributed by atoms with E-state index in [1.807, 2.05) is 0 Å². The van der Waals surface area contributed by atoms with E-state index in [4.69, 9.17) is 4.42 Å². The van der Waals surface area contributed by atoms with Gasteiger partial charge in [0.15, 0.2) is 0 Å². The summed E-state index contributed by atoms with van der Waals surface area (Å²) in [6.45, 7) is 4.16. The molecule has 0 aliphatic rings. The Bertz CT molecular complexity index is 160. The maximum absolute atomic E-state index is 4.96. The SMILES string of the molecule is CCC(C)c1nnco1. The molecule has 0 N–H and O–H groups in total. The summed E-state index contributed by atoms with van der Waals surface area (Å²) >= 11 is 0. The molecule has 1 unspecified atom stereocenters. The number of hydrogen-bond donors (Lipinski definition) is 0. The minimum absolute atomic E-state index is 0.396. The van der Waals surface area contributed by atoms with Gasteiger partial charge in [-0.25, -0.2) is 0 Å². The first kappa shape index (κ1) is 6.26. The number of rotatable bonds is 2. The van der Waals surface area contributed by atoms with E-state index in [9.17, 15) is 0 Å². The minimum atomic E-state index is 0.396. The quantitative estimate of drug-likeness (QED) is 0.604. The molecule has 0 aromatic carbocycles. The summed E-state index contributed by atoms with van der Waals surface area (Å²) in [5.74, 6) is 1.13. The Kier molecular flexibility index (Phi) is 1.82. The minimum Gasteiger partial charge on any atom is -0.428 e. The summed E-state index contributed by atoms with van der Waals surface area (Å²) in [7, 11) is 0. The Hall–Kier alpha value is -0.860. The summed E-state index contributed by atoms with van der Waals surface area (Å²) < 4.78 is 4.96. The molecular weight excluding hydrogens is 116 g/mol. The van der Waals surface area contributed by atoms with Gasteiger partial charge in [0, 0.05) is 5.92 Å². The fourth-order valence-electron chi connectivity index (χ4n) is 0.571. The molecule has 0 aliphatic heterocycles. The fraction of sp³-hybridized carbons (Fsp3) is 0.667. The monoisotopic (exact) mass is 126 g/mol. The van der Waals surface area contributed by atoms with Gasteiger partial charge in [0.05, 0.1) is 0 Å². The van der Waals surface area contributed by atoms with Gasteiger partial charge in [0.1, 0.15) is 0 Å². The molecule has 0 radical (unpaired) electrons. The predicted octanol–water partition coefficient (Wildman–Crippen LogP) is 1.58. The normalized spacial score (nSPS) is 13.6. The van der Waals surface area contributed by atoms with Crippen molar-refractivity contribution < 1.29 is 4.42 Å². The van der Waals surface area contributed by atoms with Crippen molar-refractivity contribution in [2.75, 3.05) is 0 Å². The van der Waals surface area contributed by atoms with E-state index in [-0.39, 0.29) is 0 Å². The third-order valence-electron chi connectivity index (χ3n) is 1.41. The van der Waals surface area contributed by atoms with Gasteiger partial charge in [-0.15, -0.1) is 10.2 Å². The topological polar surface area (TPSA) is 38.9 Å². The molecule has 1 atom stereocenters. The zero-order valence-electron chi connectivity index (χ0n) is 5.66. The smallest absolute Gasteiger partial charge is 0.219 e. The van der Waals surface area contributed by atoms with Crippen LogP contribution in [0.25, 0.3) is 0 Å². The molecule has 0 saturated carbocycles. The van der Waals surface area contributed by atoms with Crippen LogP contribution >= 0.6 is 0 Å². The van der Waals surface area contributed by atoms with Crippen LogP contribution in [0.4, 0.5) is 0 Å². The third kappa shape index (κ3) is 1.28. The van der Waals surface area contributed by atoms with Gasteiger partial charge in [-0.2, -0.15) is 0 Å². The van der Waals surface area contributed by atoms with Crippen LogP contribution in [0.3, 0.4) is 0 Å². The molecule has 0 amide bonds. The van der Waals surface area contributed by atoms with E-state index in [0.717, 1.165) is 12.3 Å². The predicted molar refractivity (Wildman–Crippen MR) is 33.0 cm³/mol. The van der Waals surface area contributed by atoms with E-state index < -0.39 is 0 Å². The summed E-state index contributed by atoms with van der Waals surface area (Å²) in [6.07, 6.45) is 2.41. The van der Waals surface area contributed by atoms with Crippen LogP contribution in [0.2, 0.25) is 0 Å². The molecule has 9 heavy (non-hydrogen) atoms. The van der Waals surface area contributed by atoms with E-state index >= 15 is 0 Å². The zero-order chi connectivity index (χ0) is 6.69. The molecule has 50 valence electrons. The molecule has 0 saturated heterocycles. The average molecular weight is 126 g/mol. The van der Waals surface area contributed by atoms with Crippen molar-refractivity contribution in [1.29, 1.82) is 0 Å². The van der Waals surface area contributed by atoms with Crippen molar-refractivity contribution in [3.8, 4) is 0 Å². The highest BCUT2D eigenvalue weighted by atomic mass is 16.4. The van der Waals surface area contributed by atoms with Crippen molar-refractivity contribution in [2.45, 2.75) is 26.2 Å². The lowest BCUT2D eigenvalue weighted by atomic mass is 10.1. The highest BCUT2D eigenvalue weighted by Crippen LogP contribution is 2.13. The van der Waals surface area contributed by atoms with Crippen molar-refractivity contribution in [2.24, 2.45) is 0 Å². The second-order valence-electron chi connectivity index (χ2n) is 2.09. The van der Waals surface area contributed by atoms with Crippen molar-refractivity contribution in [3.05, 3.63) is 12.3 Å². The number of hydrogen-bond acceptors (Lipinski definition) is 3. The summed E-state index contributed by atoms with van der Waals surface area (Å²) in [4.78, 5) is 0. The third-order valence-corrected chi connectivity index (χ3v) is 1.41. The van der Waals surface area contributed by atoms with E-state index in [2.05, 4.69) is 24.0 Å². The molecule has 1 aromatic rings. The first-order valence-corrected chi connectivity index (χ1v) is 3.10. The van der Waals surface area contributed by atoms with Crippen LogP contribution in [0.1, 0.15) is 32.1 Å². The fourth-order valence-corrected chi connectivity index (χ4v) is 0.571. The van der Waals surface area contributed by atoms with Crippen LogP contribution in [-0.4, -0.2) is 10.2 Å². The van der Waals surface area contributed by atoms with Crippen LogP contribution in [0.15, 0.2) is 10.8 Å². The summed E-state index contributed by atoms with van der Waals surface area (Å²) in [6, 6.07) is 0. The van der Waals surface area contributed by atoms with E-state index in [1.54, 1.807) is 0 Å². The van der Waals surface area contributed by atoms with Crippen LogP contribution in [0.5, 0.6) is 0 Å². The zero-order valence-corrected chi connectivity index (χ0v) is 5.66. The molecule has 1 rings (SSSR count). The molecular formula is C6H10N2O. The average Bonchev–Trinajstić information content (AvgIpc) is 2.37. The van der Waals surface area contributed by atoms with Gasteiger partial charge >= 0.3 is 0 Å². The van der Waals surface area contributed by atoms with E-state index in [0.29, 0.717) is 5.92 Å². The Balaban J connectivity index is 2.65. The maximum Gasteiger partial charge on any atom is 0.219 e. The lowest BCUT2D eigenvalue weighted by Gasteiger charge is -1.98. The molecule has 0 aliphatic carbocycles. The van der Waals surface area contributed by atoms with Crippen LogP contribution in [-0.2, 0) is 0 Å². The van der Waals surface area contributed by atoms with Gasteiger partial charge in [-0.3, -0.25) is 0 Å². The number of aromatic nitrogens is 2. The highest BCUT2D eigenvalue weighted by molar-refractivity contribution is 4.82. The van der Waals surface area contributed by atoms with Crippen LogP contribution < -0.4 is 0 Å². The highest BCUT2D eigenvalue weighted by Gasteiger charge is 2.06. The molecule has 0 spiro atoms. The van der Waals surface area contributed by atoms with Crippen LogP contribution in [0, 0.1) is 0 Å². The van der Waals surface area contributed by atoms with Gasteiger partial charge in [0.25, 0.3) is 0 Å². The first-order chi connectivity index (χ1) is 4.34. The Labute approximate surface area is 54.1 Å². The van der Waals surface area contributed by atoms with Gasteiger partial charge in [-0.1, -0.05) is 13.8 Å². The van der Waals surface area contributed by atoms with Crippen molar-refractivity contribution >= 4 is 0 Å². The van der Waals surface area contributed by atoms with E-state index in [1.165, 1.54) is 6.39 Å². The molecule has 1 aromatic heterocycles. The molecule has 0 bridgehead atoms. The molecule has 0 fully saturated rings. The van der Waals surface area contributed by atoms with Gasteiger partial charge < -0.3 is 4.42 Å². The summed E-state index contributed by atoms with van der Waals surface area (Å²) in [5, 5.41) is 7.34. The van der Waals surface area contributed by atoms with Crippen molar-refractivity contribution in [1.82, 2.24) is 10.2 Å². The molecule has 3 nitrogen and oxygen atoms in total.